The Hall–Kier alpha value is -3.31. The Bertz CT molecular complexity index is 1420. The summed E-state index contributed by atoms with van der Waals surface area (Å²) in [5.74, 6) is 6.46. The van der Waals surface area contributed by atoms with Crippen molar-refractivity contribution in [3.63, 3.8) is 0 Å². The Morgan fingerprint density at radius 3 is 2.19 bits per heavy atom. The molecule has 0 unspecified atom stereocenters. The summed E-state index contributed by atoms with van der Waals surface area (Å²) in [5, 5.41) is 12.4. The molecule has 37 heavy (non-hydrogen) atoms. The van der Waals surface area contributed by atoms with E-state index < -0.39 is 0 Å². The number of nitrogens with one attached hydrogen (secondary N) is 3. The van der Waals surface area contributed by atoms with Crippen LogP contribution in [0.2, 0.25) is 0 Å². The largest absolute Gasteiger partial charge is 0.355 e. The minimum Gasteiger partial charge on any atom is -0.355 e. The molecule has 1 aliphatic rings. The molecule has 3 heterocycles. The quantitative estimate of drug-likeness (QED) is 0.256. The number of hydrogen-bond acceptors (Lipinski definition) is 3. The molecule has 0 amide bonds. The van der Waals surface area contributed by atoms with E-state index in [1.807, 2.05) is 19.1 Å². The Morgan fingerprint density at radius 1 is 0.946 bits per heavy atom. The standard InChI is InChI=1S/C32H45N5/c1-10-23(11-2)27(33)16-28-21(8)25(13-4)30(35-28)17-29-22(9)26(14-5)31(36-29)18-32-20(7)24(12-3)15-19(6)37(32)34/h10,16-18,33,35-36H,6,11-15,34H2,1-5,7-9H3/b23-10?,28-16?,30-17?,32-18-,33-27?. The lowest BCUT2D eigenvalue weighted by molar-refractivity contribution is 0.434. The molecule has 0 fully saturated rings. The number of aromatic amines is 2. The molecule has 198 valence electrons. The monoisotopic (exact) mass is 499 g/mol. The number of nitrogens with zero attached hydrogens (tertiary/aromatic N) is 1. The highest BCUT2D eigenvalue weighted by Crippen LogP contribution is 2.34. The van der Waals surface area contributed by atoms with Gasteiger partial charge in [-0.25, -0.2) is 5.84 Å². The zero-order chi connectivity index (χ0) is 27.4. The minimum absolute atomic E-state index is 0.567. The molecule has 0 spiro atoms. The average molecular weight is 500 g/mol. The van der Waals surface area contributed by atoms with Gasteiger partial charge >= 0.3 is 0 Å². The third kappa shape index (κ3) is 5.52. The predicted octanol–water partition coefficient (Wildman–Crippen LogP) is 6.23. The van der Waals surface area contributed by atoms with Gasteiger partial charge in [-0.15, -0.1) is 0 Å². The van der Waals surface area contributed by atoms with E-state index >= 15 is 0 Å². The molecule has 0 atom stereocenters. The first-order chi connectivity index (χ1) is 17.6. The van der Waals surface area contributed by atoms with Crippen molar-refractivity contribution in [2.75, 3.05) is 0 Å². The molecule has 1 aliphatic heterocycles. The first-order valence-corrected chi connectivity index (χ1v) is 13.6. The molecule has 0 radical (unpaired) electrons. The topological polar surface area (TPSA) is 84.7 Å². The maximum absolute atomic E-state index is 8.54. The molecule has 5 N–H and O–H groups in total. The lowest BCUT2D eigenvalue weighted by atomic mass is 9.94. The molecule has 0 saturated heterocycles. The molecule has 5 nitrogen and oxygen atoms in total. The maximum Gasteiger partial charge on any atom is 0.0620 e. The van der Waals surface area contributed by atoms with E-state index in [0.717, 1.165) is 71.2 Å². The van der Waals surface area contributed by atoms with Crippen molar-refractivity contribution in [3.05, 3.63) is 85.1 Å². The number of allylic oxidation sites excluding steroid dienone is 4. The van der Waals surface area contributed by atoms with Crippen LogP contribution in [0.4, 0.5) is 0 Å². The number of aromatic nitrogens is 2. The normalized spacial score (nSPS) is 17.1. The highest BCUT2D eigenvalue weighted by atomic mass is 15.4. The second-order valence-corrected chi connectivity index (χ2v) is 9.91. The van der Waals surface area contributed by atoms with E-state index in [1.165, 1.54) is 33.4 Å². The maximum atomic E-state index is 8.54. The molecule has 2 aromatic heterocycles. The summed E-state index contributed by atoms with van der Waals surface area (Å²) in [5.41, 5.74) is 13.4. The Labute approximate surface area is 222 Å². The molecular weight excluding hydrogens is 454 g/mol. The average Bonchev–Trinajstić information content (AvgIpc) is 3.34. The summed E-state index contributed by atoms with van der Waals surface area (Å²) in [6, 6.07) is 0. The van der Waals surface area contributed by atoms with Crippen LogP contribution in [0, 0.1) is 19.3 Å². The summed E-state index contributed by atoms with van der Waals surface area (Å²) >= 11 is 0. The van der Waals surface area contributed by atoms with E-state index in [2.05, 4.69) is 77.2 Å². The molecule has 3 rings (SSSR count). The van der Waals surface area contributed by atoms with Gasteiger partial charge in [-0.1, -0.05) is 45.9 Å². The van der Waals surface area contributed by atoms with Crippen molar-refractivity contribution < 1.29 is 0 Å². The Balaban J connectivity index is 2.18. The molecule has 0 aliphatic carbocycles. The smallest absolute Gasteiger partial charge is 0.0620 e. The van der Waals surface area contributed by atoms with Crippen LogP contribution in [0.25, 0.3) is 18.2 Å². The lowest BCUT2D eigenvalue weighted by Gasteiger charge is -2.32. The highest BCUT2D eigenvalue weighted by molar-refractivity contribution is 6.18. The Kier molecular flexibility index (Phi) is 9.03. The van der Waals surface area contributed by atoms with Crippen LogP contribution in [-0.2, 0) is 12.8 Å². The van der Waals surface area contributed by atoms with Gasteiger partial charge in [-0.3, -0.25) is 5.01 Å². The van der Waals surface area contributed by atoms with Crippen molar-refractivity contribution in [3.8, 4) is 0 Å². The van der Waals surface area contributed by atoms with E-state index in [-0.39, 0.29) is 0 Å². The van der Waals surface area contributed by atoms with Gasteiger partial charge in [0, 0.05) is 34.2 Å². The summed E-state index contributed by atoms with van der Waals surface area (Å²) in [6.45, 7) is 21.4. The first-order valence-electron chi connectivity index (χ1n) is 13.6. The van der Waals surface area contributed by atoms with E-state index in [0.29, 0.717) is 5.71 Å². The van der Waals surface area contributed by atoms with Gasteiger partial charge in [-0.2, -0.15) is 0 Å². The minimum atomic E-state index is 0.567. The van der Waals surface area contributed by atoms with Crippen LogP contribution < -0.4 is 16.5 Å². The fourth-order valence-electron chi connectivity index (χ4n) is 5.44. The summed E-state index contributed by atoms with van der Waals surface area (Å²) in [6.07, 6.45) is 12.9. The third-order valence-corrected chi connectivity index (χ3v) is 7.90. The zero-order valence-corrected chi connectivity index (χ0v) is 24.1. The van der Waals surface area contributed by atoms with Crippen LogP contribution >= 0.6 is 0 Å². The molecule has 0 aromatic carbocycles. The summed E-state index contributed by atoms with van der Waals surface area (Å²) in [7, 11) is 0. The molecule has 0 saturated carbocycles. The fraction of sp³-hybridized carbons (Fsp3) is 0.406. The summed E-state index contributed by atoms with van der Waals surface area (Å²) in [4.78, 5) is 7.31. The number of H-pyrrole nitrogens is 2. The molecule has 5 heteroatoms. The fourth-order valence-corrected chi connectivity index (χ4v) is 5.44. The number of rotatable bonds is 8. The molecule has 0 bridgehead atoms. The lowest BCUT2D eigenvalue weighted by Crippen LogP contribution is -2.33. The number of hydrazine groups is 1. The van der Waals surface area contributed by atoms with Crippen LogP contribution in [0.5, 0.6) is 0 Å². The van der Waals surface area contributed by atoms with Crippen molar-refractivity contribution in [1.29, 1.82) is 5.41 Å². The van der Waals surface area contributed by atoms with Gasteiger partial charge in [0.15, 0.2) is 0 Å². The van der Waals surface area contributed by atoms with Crippen molar-refractivity contribution in [1.82, 2.24) is 15.0 Å². The summed E-state index contributed by atoms with van der Waals surface area (Å²) < 4.78 is 0. The molecular formula is C32H45N5. The van der Waals surface area contributed by atoms with Crippen LogP contribution in [-0.4, -0.2) is 20.7 Å². The predicted molar refractivity (Wildman–Crippen MR) is 160 cm³/mol. The van der Waals surface area contributed by atoms with Gasteiger partial charge in [0.05, 0.1) is 11.4 Å². The van der Waals surface area contributed by atoms with Crippen molar-refractivity contribution in [2.45, 2.75) is 87.5 Å². The number of hydrogen-bond donors (Lipinski definition) is 4. The van der Waals surface area contributed by atoms with Gasteiger partial charge < -0.3 is 15.4 Å². The van der Waals surface area contributed by atoms with Gasteiger partial charge in [0.1, 0.15) is 0 Å². The van der Waals surface area contributed by atoms with Crippen molar-refractivity contribution >= 4 is 23.9 Å². The second-order valence-electron chi connectivity index (χ2n) is 9.91. The van der Waals surface area contributed by atoms with E-state index in [4.69, 9.17) is 11.3 Å². The highest BCUT2D eigenvalue weighted by Gasteiger charge is 2.22. The second kappa shape index (κ2) is 11.8. The first kappa shape index (κ1) is 28.3. The Morgan fingerprint density at radius 2 is 1.62 bits per heavy atom. The van der Waals surface area contributed by atoms with Gasteiger partial charge in [0.25, 0.3) is 0 Å². The van der Waals surface area contributed by atoms with Crippen LogP contribution in [0.15, 0.2) is 40.8 Å². The number of nitrogens with two attached hydrogens (primary N) is 1. The van der Waals surface area contributed by atoms with E-state index in [1.54, 1.807) is 5.01 Å². The van der Waals surface area contributed by atoms with Gasteiger partial charge in [0.2, 0.25) is 0 Å². The molecule has 2 aromatic rings. The van der Waals surface area contributed by atoms with Gasteiger partial charge in [-0.05, 0) is 105 Å². The van der Waals surface area contributed by atoms with Crippen LogP contribution in [0.3, 0.4) is 0 Å². The van der Waals surface area contributed by atoms with Crippen LogP contribution in [0.1, 0.15) is 94.4 Å². The SMILES string of the molecule is C=C1CC(CC)=C(C)/C(=C/c2[nH]c(C=c3[nH]c(=CC(=N)C(=CC)CC)c(C)c3CC)c(C)c2CC)N1N. The third-order valence-electron chi connectivity index (χ3n) is 7.90. The van der Waals surface area contributed by atoms with E-state index in [9.17, 15) is 0 Å². The zero-order valence-electron chi connectivity index (χ0n) is 24.1. The van der Waals surface area contributed by atoms with Crippen molar-refractivity contribution in [2.24, 2.45) is 5.84 Å².